The third-order valence-corrected chi connectivity index (χ3v) is 15.5. The van der Waals surface area contributed by atoms with Gasteiger partial charge in [-0.1, -0.05) is 94.2 Å². The molecule has 1 aliphatic heterocycles. The molecule has 0 bridgehead atoms. The normalized spacial score (nSPS) is 16.8. The Labute approximate surface area is 498 Å². The van der Waals surface area contributed by atoms with Crippen LogP contribution in [-0.4, -0.2) is 168 Å². The first-order valence-electron chi connectivity index (χ1n) is 29.1. The Kier molecular flexibility index (Phi) is 31.3. The number of aliphatic hydroxyl groups is 1. The molecule has 2 unspecified atom stereocenters. The van der Waals surface area contributed by atoms with Gasteiger partial charge in [-0.25, -0.2) is 14.6 Å². The number of rotatable bonds is 36. The fraction of sp³-hybridized carbons (Fsp3) is 0.695. The third kappa shape index (κ3) is 24.4. The van der Waals surface area contributed by atoms with Crippen LogP contribution >= 0.6 is 11.3 Å². The molecule has 1 aromatic heterocycles. The maximum Gasteiger partial charge on any atom is 0.407 e. The van der Waals surface area contributed by atoms with Gasteiger partial charge in [0.25, 0.3) is 5.91 Å². The number of hydrogen-bond donors (Lipinski definition) is 6. The van der Waals surface area contributed by atoms with Gasteiger partial charge in [0.2, 0.25) is 17.7 Å². The number of aromatic nitrogens is 1. The molecule has 0 spiro atoms. The number of aliphatic carboxylic acids is 1. The minimum atomic E-state index is -1.09. The molecule has 5 amide bonds. The minimum Gasteiger partial charge on any atom is -0.481 e. The fourth-order valence-corrected chi connectivity index (χ4v) is 10.1. The van der Waals surface area contributed by atoms with Crippen LogP contribution in [0, 0.1) is 29.6 Å². The second kappa shape index (κ2) is 36.5. The SMILES string of the molecule is CCC(CO)OC(COC(=O)NCCC(=O)N[C@@H](C(=O)Oc1ccc(C[C@@H](C[C@H](C)C(=O)O)NC(=O)c2csc([C@@H](C[C@H](C(C)C)N(COC(=O)CC(C)C)C(=O)[C@@H](NC(=O)[C@H]3CCCCN3C)[C@@H](C)CC)OC(C)=O)n2)cc1)C(C)C)OC. The number of benzene rings is 1. The van der Waals surface area contributed by atoms with Crippen molar-refractivity contribution in [3.05, 3.63) is 45.9 Å². The van der Waals surface area contributed by atoms with Gasteiger partial charge in [0.15, 0.2) is 19.1 Å². The summed E-state index contributed by atoms with van der Waals surface area (Å²) in [5.41, 5.74) is 0.608. The third-order valence-electron chi connectivity index (χ3n) is 14.5. The van der Waals surface area contributed by atoms with E-state index in [0.717, 1.165) is 30.7 Å². The van der Waals surface area contributed by atoms with E-state index in [-0.39, 0.29) is 92.0 Å². The Morgan fingerprint density at radius 2 is 1.56 bits per heavy atom. The molecule has 3 rings (SSSR count). The van der Waals surface area contributed by atoms with E-state index in [1.165, 1.54) is 43.4 Å². The van der Waals surface area contributed by atoms with Crippen LogP contribution in [0.3, 0.4) is 0 Å². The van der Waals surface area contributed by atoms with Gasteiger partial charge in [-0.05, 0) is 87.1 Å². The summed E-state index contributed by atoms with van der Waals surface area (Å²) in [6.45, 7) is 19.0. The summed E-state index contributed by atoms with van der Waals surface area (Å²) in [4.78, 5) is 127. The minimum absolute atomic E-state index is 0.0164. The van der Waals surface area contributed by atoms with E-state index in [4.69, 9.17) is 28.4 Å². The summed E-state index contributed by atoms with van der Waals surface area (Å²) in [6, 6.07) is 2.40. The van der Waals surface area contributed by atoms with E-state index in [9.17, 15) is 53.4 Å². The molecule has 1 aromatic carbocycles. The number of piperidine rings is 1. The second-order valence-electron chi connectivity index (χ2n) is 22.6. The number of esters is 3. The van der Waals surface area contributed by atoms with Crippen LogP contribution in [0.15, 0.2) is 29.6 Å². The molecule has 1 aliphatic rings. The number of methoxy groups -OCH3 is 1. The number of nitrogens with one attached hydrogen (secondary N) is 4. The highest BCUT2D eigenvalue weighted by Crippen LogP contribution is 2.32. The lowest BCUT2D eigenvalue weighted by atomic mass is 9.92. The van der Waals surface area contributed by atoms with Gasteiger partial charge in [-0.3, -0.25) is 38.5 Å². The van der Waals surface area contributed by atoms with Crippen molar-refractivity contribution in [1.82, 2.24) is 36.1 Å². The van der Waals surface area contributed by atoms with E-state index in [1.54, 1.807) is 26.0 Å². The first-order valence-corrected chi connectivity index (χ1v) is 30.0. The standard InChI is InChI=1S/C59H93N7O17S/c1-14-37(9)52(64-54(72)45-18-16-17-25-65(45)12)56(73)66(33-80-49(70)26-34(3)4)46(35(5)6)29-47(81-39(11)68)55-62-44(32-84-55)53(71)61-41(27-38(10)57(74)75)28-40-19-21-43(22-20-40)83-58(76)51(36(7)8)63-48(69)23-24-60-59(77)79-31-50(78-13)82-42(15-2)30-67/h19-22,32,34-38,41-42,45-47,50-52,67H,14-18,23-31,33H2,1-13H3,(H,60,77)(H,61,71)(H,63,69)(H,64,72)(H,74,75)/t37-,38-,41+,42?,45+,46+,47+,50?,51+,52-/m0/s1. The monoisotopic (exact) mass is 1200 g/mol. The highest BCUT2D eigenvalue weighted by atomic mass is 32.1. The van der Waals surface area contributed by atoms with Crippen LogP contribution in [0.25, 0.3) is 0 Å². The Morgan fingerprint density at radius 3 is 2.13 bits per heavy atom. The van der Waals surface area contributed by atoms with Crippen molar-refractivity contribution in [2.45, 2.75) is 189 Å². The summed E-state index contributed by atoms with van der Waals surface area (Å²) in [7, 11) is 3.25. The van der Waals surface area contributed by atoms with E-state index < -0.39 is 115 Å². The molecule has 472 valence electrons. The molecular formula is C59H93N7O17S. The van der Waals surface area contributed by atoms with Gasteiger partial charge >= 0.3 is 30.0 Å². The molecule has 25 heteroatoms. The van der Waals surface area contributed by atoms with Crippen LogP contribution in [0.4, 0.5) is 4.79 Å². The van der Waals surface area contributed by atoms with E-state index in [0.29, 0.717) is 24.8 Å². The molecule has 1 saturated heterocycles. The van der Waals surface area contributed by atoms with Crippen LogP contribution in [0.5, 0.6) is 5.75 Å². The number of amides is 5. The smallest absolute Gasteiger partial charge is 0.407 e. The average Bonchev–Trinajstić information content (AvgIpc) is 3.12. The highest BCUT2D eigenvalue weighted by Gasteiger charge is 2.40. The number of thiazole rings is 1. The van der Waals surface area contributed by atoms with Crippen molar-refractivity contribution in [2.24, 2.45) is 29.6 Å². The maximum atomic E-state index is 15.0. The topological polar surface area (TPSA) is 317 Å². The van der Waals surface area contributed by atoms with E-state index in [2.05, 4.69) is 26.3 Å². The van der Waals surface area contributed by atoms with Gasteiger partial charge in [0.05, 0.1) is 24.7 Å². The fourth-order valence-electron chi connectivity index (χ4n) is 9.29. The van der Waals surface area contributed by atoms with Crippen molar-refractivity contribution in [1.29, 1.82) is 0 Å². The molecule has 2 heterocycles. The predicted molar refractivity (Wildman–Crippen MR) is 311 cm³/mol. The molecule has 84 heavy (non-hydrogen) atoms. The quantitative estimate of drug-likeness (QED) is 0.0199. The number of likely N-dealkylation sites (N-methyl/N-ethyl adjacent to an activating group) is 1. The number of hydrogen-bond acceptors (Lipinski definition) is 19. The highest BCUT2D eigenvalue weighted by molar-refractivity contribution is 7.09. The zero-order valence-electron chi connectivity index (χ0n) is 51.3. The molecule has 24 nitrogen and oxygen atoms in total. The molecule has 0 aliphatic carbocycles. The van der Waals surface area contributed by atoms with Gasteiger partial charge in [0, 0.05) is 57.3 Å². The number of carboxylic acids is 1. The summed E-state index contributed by atoms with van der Waals surface area (Å²) in [5.74, 6) is -6.72. The van der Waals surface area contributed by atoms with Crippen LogP contribution in [0.1, 0.15) is 161 Å². The van der Waals surface area contributed by atoms with Gasteiger partial charge in [0.1, 0.15) is 35.1 Å². The molecular weight excluding hydrogens is 1110 g/mol. The summed E-state index contributed by atoms with van der Waals surface area (Å²) >= 11 is 1.05. The lowest BCUT2D eigenvalue weighted by Crippen LogP contribution is -2.59. The first kappa shape index (κ1) is 72.0. The number of likely N-dealkylation sites (tertiary alicyclic amines) is 1. The number of carboxylic acid groups (broad SMARTS) is 1. The Hall–Kier alpha value is -6.28. The number of ether oxygens (including phenoxy) is 6. The first-order chi connectivity index (χ1) is 39.7. The molecule has 0 radical (unpaired) electrons. The Morgan fingerprint density at radius 1 is 0.869 bits per heavy atom. The summed E-state index contributed by atoms with van der Waals surface area (Å²) in [5, 5.41) is 32.0. The average molecular weight is 1200 g/mol. The predicted octanol–water partition coefficient (Wildman–Crippen LogP) is 5.93. The van der Waals surface area contributed by atoms with Crippen LogP contribution in [0.2, 0.25) is 0 Å². The van der Waals surface area contributed by atoms with Crippen LogP contribution in [-0.2, 0) is 63.7 Å². The summed E-state index contributed by atoms with van der Waals surface area (Å²) < 4.78 is 33.0. The van der Waals surface area contributed by atoms with Crippen LogP contribution < -0.4 is 26.0 Å². The van der Waals surface area contributed by atoms with Crippen molar-refractivity contribution in [3.8, 4) is 5.75 Å². The number of carbonyl (C=O) groups excluding carboxylic acids is 8. The molecule has 10 atom stereocenters. The van der Waals surface area contributed by atoms with E-state index >= 15 is 0 Å². The van der Waals surface area contributed by atoms with Gasteiger partial charge in [-0.15, -0.1) is 11.3 Å². The molecule has 2 aromatic rings. The van der Waals surface area contributed by atoms with Crippen molar-refractivity contribution < 1.29 is 81.8 Å². The summed E-state index contributed by atoms with van der Waals surface area (Å²) in [6.07, 6.45) is 0.265. The zero-order valence-corrected chi connectivity index (χ0v) is 52.1. The maximum absolute atomic E-state index is 15.0. The van der Waals surface area contributed by atoms with Crippen molar-refractivity contribution >= 4 is 64.9 Å². The second-order valence-corrected chi connectivity index (χ2v) is 23.5. The molecule has 6 N–H and O–H groups in total. The van der Waals surface area contributed by atoms with Crippen molar-refractivity contribution in [3.63, 3.8) is 0 Å². The molecule has 1 fully saturated rings. The number of aliphatic hydroxyl groups excluding tert-OH is 1. The Balaban J connectivity index is 1.79. The Bertz CT molecular complexity index is 2440. The largest absolute Gasteiger partial charge is 0.481 e. The number of alkyl carbamates (subject to hydrolysis) is 1. The number of carbonyl (C=O) groups is 9. The van der Waals surface area contributed by atoms with Crippen molar-refractivity contribution in [2.75, 3.05) is 47.2 Å². The lowest BCUT2D eigenvalue weighted by Gasteiger charge is -2.39. The number of nitrogens with zero attached hydrogens (tertiary/aromatic N) is 3. The molecule has 0 saturated carbocycles. The van der Waals surface area contributed by atoms with E-state index in [1.807, 2.05) is 60.4 Å². The lowest BCUT2D eigenvalue weighted by molar-refractivity contribution is -0.181. The van der Waals surface area contributed by atoms with Gasteiger partial charge < -0.3 is 64.8 Å². The van der Waals surface area contributed by atoms with Gasteiger partial charge in [-0.2, -0.15) is 0 Å². The zero-order chi connectivity index (χ0) is 62.8.